The minimum absolute atomic E-state index is 0.250. The molecule has 0 bridgehead atoms. The predicted molar refractivity (Wildman–Crippen MR) is 72.8 cm³/mol. The molecule has 2 rings (SSSR count). The highest BCUT2D eigenvalue weighted by atomic mass is 79.9. The standard InChI is InChI=1S/C11H15BrN2O.CH2O2/c1-6-10(12)9(7(2)15)8-4-3-5-13-11(8)14-6;2-1-3/h7,15H,3-5H2,1-2H3,(H,13,14);1H,(H,2,3). The summed E-state index contributed by atoms with van der Waals surface area (Å²) in [7, 11) is 0. The van der Waals surface area contributed by atoms with E-state index in [1.54, 1.807) is 6.92 Å². The molecule has 1 aromatic heterocycles. The zero-order valence-corrected chi connectivity index (χ0v) is 12.0. The Labute approximate surface area is 114 Å². The monoisotopic (exact) mass is 316 g/mol. The second-order valence-electron chi connectivity index (χ2n) is 4.06. The van der Waals surface area contributed by atoms with E-state index < -0.39 is 6.10 Å². The van der Waals surface area contributed by atoms with Crippen molar-refractivity contribution < 1.29 is 15.0 Å². The molecular weight excluding hydrogens is 300 g/mol. The van der Waals surface area contributed by atoms with Crippen LogP contribution in [0.4, 0.5) is 5.82 Å². The molecule has 0 saturated carbocycles. The maximum Gasteiger partial charge on any atom is 0.290 e. The van der Waals surface area contributed by atoms with Gasteiger partial charge in [-0.3, -0.25) is 4.79 Å². The van der Waals surface area contributed by atoms with Gasteiger partial charge in [0.15, 0.2) is 0 Å². The SMILES string of the molecule is Cc1nc2c(c(C(C)O)c1Br)CCCN2.O=CO. The number of aliphatic hydroxyl groups is 1. The number of nitrogens with zero attached hydrogens (tertiary/aromatic N) is 1. The molecule has 1 unspecified atom stereocenters. The van der Waals surface area contributed by atoms with Crippen molar-refractivity contribution in [2.24, 2.45) is 0 Å². The number of aryl methyl sites for hydroxylation is 1. The smallest absolute Gasteiger partial charge is 0.290 e. The Kier molecular flexibility index (Phi) is 5.55. The van der Waals surface area contributed by atoms with Gasteiger partial charge in [-0.25, -0.2) is 4.98 Å². The summed E-state index contributed by atoms with van der Waals surface area (Å²) in [5.41, 5.74) is 3.08. The van der Waals surface area contributed by atoms with E-state index >= 15 is 0 Å². The predicted octanol–water partition coefficient (Wildman–Crippen LogP) is 2.26. The molecule has 1 aromatic rings. The van der Waals surface area contributed by atoms with Crippen molar-refractivity contribution in [1.82, 2.24) is 4.98 Å². The lowest BCUT2D eigenvalue weighted by atomic mass is 9.97. The van der Waals surface area contributed by atoms with Crippen molar-refractivity contribution in [1.29, 1.82) is 0 Å². The van der Waals surface area contributed by atoms with Crippen LogP contribution in [0.3, 0.4) is 0 Å². The summed E-state index contributed by atoms with van der Waals surface area (Å²) < 4.78 is 0.944. The van der Waals surface area contributed by atoms with Crippen molar-refractivity contribution in [2.75, 3.05) is 11.9 Å². The van der Waals surface area contributed by atoms with Crippen LogP contribution in [0.5, 0.6) is 0 Å². The first kappa shape index (κ1) is 14.9. The summed E-state index contributed by atoms with van der Waals surface area (Å²) in [6, 6.07) is 0. The molecule has 18 heavy (non-hydrogen) atoms. The molecule has 2 heterocycles. The van der Waals surface area contributed by atoms with E-state index in [0.717, 1.165) is 46.5 Å². The third-order valence-electron chi connectivity index (χ3n) is 2.76. The first-order valence-electron chi connectivity index (χ1n) is 5.71. The van der Waals surface area contributed by atoms with E-state index in [9.17, 15) is 5.11 Å². The first-order chi connectivity index (χ1) is 8.52. The van der Waals surface area contributed by atoms with Gasteiger partial charge in [-0.2, -0.15) is 0 Å². The molecule has 0 spiro atoms. The van der Waals surface area contributed by atoms with E-state index in [0.29, 0.717) is 0 Å². The van der Waals surface area contributed by atoms with E-state index in [-0.39, 0.29) is 6.47 Å². The number of halogens is 1. The van der Waals surface area contributed by atoms with Gasteiger partial charge in [-0.05, 0) is 42.6 Å². The van der Waals surface area contributed by atoms with Gasteiger partial charge in [0, 0.05) is 22.1 Å². The number of fused-ring (bicyclic) bond motifs is 1. The summed E-state index contributed by atoms with van der Waals surface area (Å²) in [5, 5.41) is 20.0. The number of aromatic nitrogens is 1. The van der Waals surface area contributed by atoms with Crippen LogP contribution >= 0.6 is 15.9 Å². The number of rotatable bonds is 1. The van der Waals surface area contributed by atoms with Crippen LogP contribution in [-0.2, 0) is 11.2 Å². The average molecular weight is 317 g/mol. The molecule has 0 aliphatic carbocycles. The maximum absolute atomic E-state index is 9.80. The lowest BCUT2D eigenvalue weighted by Crippen LogP contribution is -2.17. The summed E-state index contributed by atoms with van der Waals surface area (Å²) in [6.45, 7) is 4.47. The molecule has 0 amide bonds. The molecule has 5 nitrogen and oxygen atoms in total. The second-order valence-corrected chi connectivity index (χ2v) is 4.86. The highest BCUT2D eigenvalue weighted by molar-refractivity contribution is 9.10. The van der Waals surface area contributed by atoms with Gasteiger partial charge in [-0.1, -0.05) is 0 Å². The maximum atomic E-state index is 9.80. The zero-order chi connectivity index (χ0) is 13.7. The molecule has 6 heteroatoms. The lowest BCUT2D eigenvalue weighted by Gasteiger charge is -2.23. The number of aliphatic hydroxyl groups excluding tert-OH is 1. The van der Waals surface area contributed by atoms with Crippen molar-refractivity contribution in [2.45, 2.75) is 32.8 Å². The van der Waals surface area contributed by atoms with E-state index in [1.165, 1.54) is 0 Å². The Morgan fingerprint density at radius 3 is 2.72 bits per heavy atom. The Bertz CT molecular complexity index is 436. The van der Waals surface area contributed by atoms with Crippen LogP contribution in [0.2, 0.25) is 0 Å². The van der Waals surface area contributed by atoms with Gasteiger partial charge in [0.25, 0.3) is 6.47 Å². The van der Waals surface area contributed by atoms with Crippen molar-refractivity contribution >= 4 is 28.2 Å². The van der Waals surface area contributed by atoms with Gasteiger partial charge in [-0.15, -0.1) is 0 Å². The van der Waals surface area contributed by atoms with Gasteiger partial charge < -0.3 is 15.5 Å². The van der Waals surface area contributed by atoms with E-state index in [2.05, 4.69) is 26.2 Å². The Morgan fingerprint density at radius 1 is 1.56 bits per heavy atom. The summed E-state index contributed by atoms with van der Waals surface area (Å²) >= 11 is 3.51. The number of hydrogen-bond donors (Lipinski definition) is 3. The third-order valence-corrected chi connectivity index (χ3v) is 3.76. The Hall–Kier alpha value is -1.14. The van der Waals surface area contributed by atoms with Gasteiger partial charge in [0.05, 0.1) is 11.8 Å². The van der Waals surface area contributed by atoms with E-state index in [4.69, 9.17) is 9.90 Å². The van der Waals surface area contributed by atoms with Crippen LogP contribution < -0.4 is 5.32 Å². The van der Waals surface area contributed by atoms with Crippen LogP contribution in [-0.4, -0.2) is 28.2 Å². The minimum Gasteiger partial charge on any atom is -0.483 e. The first-order valence-corrected chi connectivity index (χ1v) is 6.50. The Morgan fingerprint density at radius 2 is 2.17 bits per heavy atom. The van der Waals surface area contributed by atoms with E-state index in [1.807, 2.05) is 6.92 Å². The zero-order valence-electron chi connectivity index (χ0n) is 10.4. The van der Waals surface area contributed by atoms with Crippen LogP contribution in [0.1, 0.15) is 36.3 Å². The number of anilines is 1. The molecule has 3 N–H and O–H groups in total. The molecule has 0 fully saturated rings. The molecule has 100 valence electrons. The third kappa shape index (κ3) is 3.20. The lowest BCUT2D eigenvalue weighted by molar-refractivity contribution is -0.122. The van der Waals surface area contributed by atoms with Crippen LogP contribution in [0, 0.1) is 6.92 Å². The fourth-order valence-corrected chi connectivity index (χ4v) is 2.71. The molecule has 1 aliphatic heterocycles. The van der Waals surface area contributed by atoms with Crippen LogP contribution in [0.15, 0.2) is 4.47 Å². The summed E-state index contributed by atoms with van der Waals surface area (Å²) in [5.74, 6) is 0.942. The number of carbonyl (C=O) groups is 1. The second kappa shape index (κ2) is 6.70. The molecule has 1 atom stereocenters. The van der Waals surface area contributed by atoms with Gasteiger partial charge in [0.2, 0.25) is 0 Å². The summed E-state index contributed by atoms with van der Waals surface area (Å²) in [6.07, 6.45) is 1.65. The van der Waals surface area contributed by atoms with Crippen molar-refractivity contribution in [3.05, 3.63) is 21.3 Å². The molecule has 0 radical (unpaired) electrons. The number of nitrogens with one attached hydrogen (secondary N) is 1. The fraction of sp³-hybridized carbons (Fsp3) is 0.500. The average Bonchev–Trinajstić information content (AvgIpc) is 2.31. The fourth-order valence-electron chi connectivity index (χ4n) is 2.05. The highest BCUT2D eigenvalue weighted by Gasteiger charge is 2.21. The number of hydrogen-bond acceptors (Lipinski definition) is 4. The largest absolute Gasteiger partial charge is 0.483 e. The highest BCUT2D eigenvalue weighted by Crippen LogP contribution is 2.35. The quantitative estimate of drug-likeness (QED) is 0.692. The topological polar surface area (TPSA) is 82.5 Å². The molecular formula is C12H17BrN2O3. The normalized spacial score (nSPS) is 14.7. The summed E-state index contributed by atoms with van der Waals surface area (Å²) in [4.78, 5) is 12.8. The minimum atomic E-state index is -0.449. The molecule has 0 saturated heterocycles. The Balaban J connectivity index is 0.000000492. The van der Waals surface area contributed by atoms with Crippen LogP contribution in [0.25, 0.3) is 0 Å². The van der Waals surface area contributed by atoms with Gasteiger partial charge >= 0.3 is 0 Å². The molecule has 1 aliphatic rings. The molecule has 0 aromatic carbocycles. The van der Waals surface area contributed by atoms with Gasteiger partial charge in [0.1, 0.15) is 5.82 Å². The van der Waals surface area contributed by atoms with Crippen molar-refractivity contribution in [3.63, 3.8) is 0 Å². The number of pyridine rings is 1. The van der Waals surface area contributed by atoms with Crippen molar-refractivity contribution in [3.8, 4) is 0 Å². The number of carboxylic acid groups (broad SMARTS) is 1.